The van der Waals surface area contributed by atoms with Crippen LogP contribution in [-0.4, -0.2) is 301 Å². The Balaban J connectivity index is 2.55. The quantitative estimate of drug-likeness (QED) is 0.0274. The number of amides is 16. The number of nitrogens with two attached hydrogens (primary N) is 3. The van der Waals surface area contributed by atoms with E-state index in [1.807, 2.05) is 5.32 Å². The number of carbonyl (C=O) groups excluding carboxylic acids is 16. The number of phenols is 2. The zero-order valence-electron chi connectivity index (χ0n) is 68.7. The number of aromatic hydroxyl groups is 2. The van der Waals surface area contributed by atoms with Gasteiger partial charge in [-0.3, -0.25) is 76.7 Å². The van der Waals surface area contributed by atoms with Crippen LogP contribution < -0.4 is 97.0 Å². The van der Waals surface area contributed by atoms with Crippen molar-refractivity contribution in [3.8, 4) is 11.5 Å². The molecule has 0 aliphatic carbocycles. The van der Waals surface area contributed by atoms with Crippen molar-refractivity contribution in [3.63, 3.8) is 0 Å². The van der Waals surface area contributed by atoms with E-state index in [1.54, 1.807) is 26.4 Å². The van der Waals surface area contributed by atoms with Crippen LogP contribution >= 0.6 is 23.5 Å². The van der Waals surface area contributed by atoms with Crippen LogP contribution in [-0.2, 0) is 94.3 Å². The van der Waals surface area contributed by atoms with Gasteiger partial charge >= 0.3 is 5.97 Å². The highest BCUT2D eigenvalue weighted by Gasteiger charge is 2.40. The number of phenolic OH excluding ortho intramolecular Hbond substituents is 2. The number of aliphatic hydroxyl groups excluding tert-OH is 5. The van der Waals surface area contributed by atoms with Crippen molar-refractivity contribution in [2.24, 2.45) is 29.0 Å². The predicted molar refractivity (Wildman–Crippen MR) is 437 cm³/mol. The molecule has 0 saturated heterocycles. The number of carboxylic acids is 1. The molecule has 0 aliphatic rings. The van der Waals surface area contributed by atoms with Gasteiger partial charge in [0.1, 0.15) is 90.0 Å². The molecule has 672 valence electrons. The van der Waals surface area contributed by atoms with Crippen LogP contribution in [0, 0.1) is 11.8 Å². The van der Waals surface area contributed by atoms with Crippen LogP contribution in [0.25, 0.3) is 0 Å². The van der Waals surface area contributed by atoms with Crippen molar-refractivity contribution in [2.75, 3.05) is 56.9 Å². The molecule has 16 amide bonds. The minimum absolute atomic E-state index is 0.103. The highest BCUT2D eigenvalue weighted by molar-refractivity contribution is 7.98. The van der Waals surface area contributed by atoms with Crippen molar-refractivity contribution in [2.45, 2.75) is 222 Å². The first-order valence-corrected chi connectivity index (χ1v) is 41.5. The summed E-state index contributed by atoms with van der Waals surface area (Å²) in [6.45, 7) is 7.80. The number of benzene rings is 2. The van der Waals surface area contributed by atoms with E-state index in [4.69, 9.17) is 22.3 Å². The topological polar surface area (TPSA) is 711 Å². The molecule has 45 heteroatoms. The molecular weight excluding hydrogens is 1620 g/mol. The van der Waals surface area contributed by atoms with Gasteiger partial charge in [0.15, 0.2) is 6.04 Å². The van der Waals surface area contributed by atoms with Crippen LogP contribution in [0.4, 0.5) is 0 Å². The minimum atomic E-state index is -1.95. The summed E-state index contributed by atoms with van der Waals surface area (Å²) in [4.78, 5) is 232. The second kappa shape index (κ2) is 54.6. The normalized spacial score (nSPS) is 15.7. The molecule has 0 saturated carbocycles. The number of nitrogens with one attached hydrogen (secondary N) is 15. The number of aliphatic carboxylic acids is 1. The Labute approximate surface area is 702 Å². The summed E-state index contributed by atoms with van der Waals surface area (Å²) in [5.74, 6) is -19.3. The zero-order chi connectivity index (χ0) is 90.8. The van der Waals surface area contributed by atoms with E-state index in [0.29, 0.717) is 24.0 Å². The van der Waals surface area contributed by atoms with Gasteiger partial charge in [-0.15, -0.1) is 0 Å². The Morgan fingerprint density at radius 1 is 0.400 bits per heavy atom. The molecule has 0 aromatic heterocycles. The van der Waals surface area contributed by atoms with E-state index in [-0.39, 0.29) is 61.7 Å². The van der Waals surface area contributed by atoms with Crippen molar-refractivity contribution >= 4 is 124 Å². The second-order valence-corrected chi connectivity index (χ2v) is 30.9. The average Bonchev–Trinajstić information content (AvgIpc) is 0.850. The smallest absolute Gasteiger partial charge is 0.328 e. The average molecular weight is 1740 g/mol. The molecule has 0 unspecified atom stereocenters. The summed E-state index contributed by atoms with van der Waals surface area (Å²) in [6.07, 6.45) is -3.16. The summed E-state index contributed by atoms with van der Waals surface area (Å²) in [7, 11) is 0. The molecule has 29 N–H and O–H groups in total. The molecule has 0 spiro atoms. The molecule has 18 atom stereocenters. The van der Waals surface area contributed by atoms with Gasteiger partial charge in [-0.25, -0.2) is 4.79 Å². The summed E-state index contributed by atoms with van der Waals surface area (Å²) >= 11 is 2.46. The molecule has 2 aromatic rings. The third kappa shape index (κ3) is 37.8. The number of thioether (sulfide) groups is 2. The van der Waals surface area contributed by atoms with Crippen molar-refractivity contribution < 1.29 is 122 Å². The Morgan fingerprint density at radius 2 is 0.758 bits per heavy atom. The van der Waals surface area contributed by atoms with Gasteiger partial charge < -0.3 is 138 Å². The standard InChI is InChI=1S/C75H120N18O25S2/c1-11-37(4)58(89-55(102)32-79-63(105)46(77)34-94)72(114)81-38(5)62(104)92-59(39(6)96)73(115)85-48(23-24-54(78)101)65(107)83-50(26-29-120-10)68(110)93-60(40(7)97)74(116)87-52(31-43-17-21-45(100)22-18-43)69(111)82-47(14-12-13-27-76)67(109)91-57(36(2)3)71(113)86-51(30-42-15-19-44(99)20-16-42)70(112)84-49(25-28-119-9)66(108)88-53(35-95)64(106)80-33-56(103)90-61(41(8)98)75(117)118/h15-22,36-41,46-53,57-61,94-100H,11-14,23-35,76-77H2,1-10H3,(H2,78,101)(H,79,105)(H,80,106)(H,81,114)(H,82,111)(H,83,107)(H,84,112)(H,85,115)(H,86,113)(H,87,116)(H,88,108)(H,89,102)(H,90,103)(H,91,109)(H,92,104)(H,93,110)(H,117,118)/t37-,38-,39+,40+,41+,46-,47-,48-,49-,50-,51-,52-,53-,57-,58-,59-,60-,61-/m0/s1. The number of carboxylic acid groups (broad SMARTS) is 1. The first kappa shape index (κ1) is 106. The van der Waals surface area contributed by atoms with Gasteiger partial charge in [0, 0.05) is 19.3 Å². The highest BCUT2D eigenvalue weighted by atomic mass is 32.2. The molecule has 43 nitrogen and oxygen atoms in total. The fraction of sp³-hybridized carbons (Fsp3) is 0.613. The largest absolute Gasteiger partial charge is 0.508 e. The third-order valence-corrected chi connectivity index (χ3v) is 19.9. The van der Waals surface area contributed by atoms with Gasteiger partial charge in [-0.2, -0.15) is 23.5 Å². The van der Waals surface area contributed by atoms with E-state index >= 15 is 0 Å². The fourth-order valence-corrected chi connectivity index (χ4v) is 12.2. The molecule has 0 bridgehead atoms. The Kier molecular flexibility index (Phi) is 48.0. The number of hydrogen-bond acceptors (Lipinski definition) is 28. The fourth-order valence-electron chi connectivity index (χ4n) is 11.3. The van der Waals surface area contributed by atoms with E-state index < -0.39 is 261 Å². The number of unbranched alkanes of at least 4 members (excludes halogenated alkanes) is 1. The summed E-state index contributed by atoms with van der Waals surface area (Å²) in [6, 6.07) is -11.8. The summed E-state index contributed by atoms with van der Waals surface area (Å²) in [5, 5.41) is 117. The lowest BCUT2D eigenvalue weighted by Gasteiger charge is -2.30. The lowest BCUT2D eigenvalue weighted by molar-refractivity contribution is -0.144. The number of rotatable bonds is 56. The van der Waals surface area contributed by atoms with Crippen LogP contribution in [0.3, 0.4) is 0 Å². The summed E-state index contributed by atoms with van der Waals surface area (Å²) in [5.41, 5.74) is 17.5. The van der Waals surface area contributed by atoms with Gasteiger partial charge in [0.05, 0.1) is 44.6 Å². The van der Waals surface area contributed by atoms with Crippen LogP contribution in [0.15, 0.2) is 48.5 Å². The molecule has 0 heterocycles. The SMILES string of the molecule is CC[C@H](C)[C@H](NC(=O)CNC(=O)[C@@H](N)CO)C(=O)N[C@@H](C)C(=O)N[C@H](C(=O)N[C@@H](CCC(N)=O)C(=O)N[C@@H](CCSC)C(=O)N[C@H](C(=O)N[C@@H](Cc1ccc(O)cc1)C(=O)N[C@@H](CCCCN)C(=O)N[C@H](C(=O)N[C@@H](Cc1ccc(O)cc1)C(=O)N[C@@H](CCSC)C(=O)N[C@@H](CO)C(=O)NCC(=O)N[C@H](C(=O)O)[C@@H](C)O)C(C)C)[C@@H](C)O)[C@@H](C)O. The number of primary amides is 1. The minimum Gasteiger partial charge on any atom is -0.508 e. The van der Waals surface area contributed by atoms with E-state index in [9.17, 15) is 117 Å². The van der Waals surface area contributed by atoms with Crippen molar-refractivity contribution in [3.05, 3.63) is 59.7 Å². The van der Waals surface area contributed by atoms with Crippen molar-refractivity contribution in [1.82, 2.24) is 79.8 Å². The van der Waals surface area contributed by atoms with Gasteiger partial charge in [-0.05, 0) is 144 Å². The molecular formula is C75H120N18O25S2. The second-order valence-electron chi connectivity index (χ2n) is 28.9. The maximum absolute atomic E-state index is 14.9. The Hall–Kier alpha value is -10.5. The van der Waals surface area contributed by atoms with E-state index in [1.165, 1.54) is 92.8 Å². The molecule has 0 fully saturated rings. The van der Waals surface area contributed by atoms with Crippen LogP contribution in [0.2, 0.25) is 0 Å². The number of aliphatic hydroxyl groups is 5. The highest BCUT2D eigenvalue weighted by Crippen LogP contribution is 2.18. The van der Waals surface area contributed by atoms with Gasteiger partial charge in [0.25, 0.3) is 0 Å². The number of carbonyl (C=O) groups is 17. The Morgan fingerprint density at radius 3 is 1.15 bits per heavy atom. The van der Waals surface area contributed by atoms with Gasteiger partial charge in [0.2, 0.25) is 94.5 Å². The maximum atomic E-state index is 14.9. The zero-order valence-corrected chi connectivity index (χ0v) is 70.3. The first-order chi connectivity index (χ1) is 56.5. The molecule has 120 heavy (non-hydrogen) atoms. The number of hydrogen-bond donors (Lipinski definition) is 26. The molecule has 2 aromatic carbocycles. The lowest BCUT2D eigenvalue weighted by Crippen LogP contribution is -2.63. The first-order valence-electron chi connectivity index (χ1n) is 38.7. The van der Waals surface area contributed by atoms with Gasteiger partial charge in [-0.1, -0.05) is 58.4 Å². The molecule has 0 aliphatic heterocycles. The molecule has 0 radical (unpaired) electrons. The van der Waals surface area contributed by atoms with E-state index in [2.05, 4.69) is 74.4 Å². The summed E-state index contributed by atoms with van der Waals surface area (Å²) < 4.78 is 0. The van der Waals surface area contributed by atoms with Crippen LogP contribution in [0.1, 0.15) is 118 Å². The van der Waals surface area contributed by atoms with Crippen molar-refractivity contribution in [1.29, 1.82) is 0 Å². The van der Waals surface area contributed by atoms with E-state index in [0.717, 1.165) is 20.8 Å². The Bertz CT molecular complexity index is 3760. The molecule has 2 rings (SSSR count). The third-order valence-electron chi connectivity index (χ3n) is 18.6. The monoisotopic (exact) mass is 1740 g/mol. The predicted octanol–water partition coefficient (Wildman–Crippen LogP) is -8.42. The lowest BCUT2D eigenvalue weighted by atomic mass is 9.98. The maximum Gasteiger partial charge on any atom is 0.328 e. The van der Waals surface area contributed by atoms with Crippen LogP contribution in [0.5, 0.6) is 11.5 Å².